The quantitative estimate of drug-likeness (QED) is 0.788. The topological polar surface area (TPSA) is 59.1 Å². The van der Waals surface area contributed by atoms with Crippen molar-refractivity contribution < 1.29 is 8.42 Å². The number of thiazole rings is 1. The normalized spacial score (nSPS) is 11.8. The first-order chi connectivity index (χ1) is 9.29. The monoisotopic (exact) mass is 438 g/mol. The fourth-order valence-corrected chi connectivity index (χ4v) is 4.86. The number of nitrogens with one attached hydrogen (secondary N) is 1. The van der Waals surface area contributed by atoms with Crippen molar-refractivity contribution in [3.05, 3.63) is 42.7 Å². The van der Waals surface area contributed by atoms with Crippen molar-refractivity contribution in [3.63, 3.8) is 0 Å². The Kier molecular flexibility index (Phi) is 5.01. The minimum Gasteiger partial charge on any atom is -0.245 e. The Morgan fingerprint density at radius 1 is 1.25 bits per heavy atom. The molecule has 4 nitrogen and oxygen atoms in total. The summed E-state index contributed by atoms with van der Waals surface area (Å²) < 4.78 is 28.5. The number of hydrogen-bond donors (Lipinski definition) is 1. The SMILES string of the molecule is Cc1nc(CNS(=O)(=O)c2cc(Br)c(C)cc2Br)cs1. The van der Waals surface area contributed by atoms with Crippen molar-refractivity contribution >= 4 is 53.2 Å². The summed E-state index contributed by atoms with van der Waals surface area (Å²) in [4.78, 5) is 4.44. The van der Waals surface area contributed by atoms with E-state index in [9.17, 15) is 8.42 Å². The van der Waals surface area contributed by atoms with Crippen molar-refractivity contribution in [3.8, 4) is 0 Å². The Morgan fingerprint density at radius 3 is 2.55 bits per heavy atom. The lowest BCUT2D eigenvalue weighted by atomic mass is 10.2. The van der Waals surface area contributed by atoms with Gasteiger partial charge in [0.25, 0.3) is 0 Å². The molecule has 0 amide bonds. The van der Waals surface area contributed by atoms with E-state index >= 15 is 0 Å². The van der Waals surface area contributed by atoms with Gasteiger partial charge in [-0.2, -0.15) is 0 Å². The molecule has 2 rings (SSSR count). The van der Waals surface area contributed by atoms with E-state index in [-0.39, 0.29) is 11.4 Å². The molecule has 0 bridgehead atoms. The van der Waals surface area contributed by atoms with Crippen LogP contribution in [0, 0.1) is 13.8 Å². The van der Waals surface area contributed by atoms with E-state index < -0.39 is 10.0 Å². The first-order valence-electron chi connectivity index (χ1n) is 5.66. The minimum atomic E-state index is -3.58. The van der Waals surface area contributed by atoms with Gasteiger partial charge in [-0.25, -0.2) is 18.1 Å². The lowest BCUT2D eigenvalue weighted by Gasteiger charge is -2.09. The Balaban J connectivity index is 2.24. The summed E-state index contributed by atoms with van der Waals surface area (Å²) in [5, 5.41) is 2.76. The first kappa shape index (κ1) is 16.1. The second kappa shape index (κ2) is 6.23. The fourth-order valence-electron chi connectivity index (χ4n) is 1.57. The second-order valence-electron chi connectivity index (χ2n) is 4.21. The van der Waals surface area contributed by atoms with Gasteiger partial charge in [0, 0.05) is 14.3 Å². The molecule has 0 aliphatic rings. The number of aromatic nitrogens is 1. The summed E-state index contributed by atoms with van der Waals surface area (Å²) in [5.74, 6) is 0. The predicted molar refractivity (Wildman–Crippen MR) is 87.5 cm³/mol. The molecule has 2 aromatic rings. The molecule has 1 N–H and O–H groups in total. The summed E-state index contributed by atoms with van der Waals surface area (Å²) >= 11 is 8.14. The highest BCUT2D eigenvalue weighted by atomic mass is 79.9. The standard InChI is InChI=1S/C12H12Br2N2O2S2/c1-7-3-11(14)12(4-10(7)13)20(17,18)15-5-9-6-19-8(2)16-9/h3-4,6,15H,5H2,1-2H3. The van der Waals surface area contributed by atoms with Crippen molar-refractivity contribution in [2.45, 2.75) is 25.3 Å². The van der Waals surface area contributed by atoms with Crippen molar-refractivity contribution in [2.24, 2.45) is 0 Å². The van der Waals surface area contributed by atoms with Gasteiger partial charge in [0.2, 0.25) is 10.0 Å². The largest absolute Gasteiger partial charge is 0.245 e. The number of nitrogens with zero attached hydrogens (tertiary/aromatic N) is 1. The molecular formula is C12H12Br2N2O2S2. The molecule has 0 spiro atoms. The molecule has 0 atom stereocenters. The fraction of sp³-hybridized carbons (Fsp3) is 0.250. The van der Waals surface area contributed by atoms with Crippen molar-refractivity contribution in [2.75, 3.05) is 0 Å². The molecule has 20 heavy (non-hydrogen) atoms. The zero-order valence-electron chi connectivity index (χ0n) is 10.8. The highest BCUT2D eigenvalue weighted by Gasteiger charge is 2.19. The maximum atomic E-state index is 12.3. The molecule has 0 aliphatic carbocycles. The number of aryl methyl sites for hydroxylation is 2. The lowest BCUT2D eigenvalue weighted by molar-refractivity contribution is 0.580. The van der Waals surface area contributed by atoms with Gasteiger partial charge >= 0.3 is 0 Å². The third-order valence-electron chi connectivity index (χ3n) is 2.61. The van der Waals surface area contributed by atoms with Gasteiger partial charge in [0.15, 0.2) is 0 Å². The average molecular weight is 440 g/mol. The van der Waals surface area contributed by atoms with Gasteiger partial charge < -0.3 is 0 Å². The van der Waals surface area contributed by atoms with Crippen LogP contribution in [0.3, 0.4) is 0 Å². The molecular weight excluding hydrogens is 428 g/mol. The van der Waals surface area contributed by atoms with E-state index in [1.165, 1.54) is 11.3 Å². The van der Waals surface area contributed by atoms with Gasteiger partial charge in [-0.15, -0.1) is 11.3 Å². The van der Waals surface area contributed by atoms with Crippen LogP contribution in [0.5, 0.6) is 0 Å². The minimum absolute atomic E-state index is 0.185. The van der Waals surface area contributed by atoms with Crippen LogP contribution in [0.1, 0.15) is 16.3 Å². The zero-order valence-corrected chi connectivity index (χ0v) is 15.6. The van der Waals surface area contributed by atoms with Gasteiger partial charge in [-0.05, 0) is 47.5 Å². The molecule has 0 fully saturated rings. The van der Waals surface area contributed by atoms with E-state index in [0.29, 0.717) is 4.47 Å². The summed E-state index contributed by atoms with van der Waals surface area (Å²) in [6.07, 6.45) is 0. The number of rotatable bonds is 4. The highest BCUT2D eigenvalue weighted by molar-refractivity contribution is 9.11. The van der Waals surface area contributed by atoms with E-state index in [1.54, 1.807) is 12.1 Å². The highest BCUT2D eigenvalue weighted by Crippen LogP contribution is 2.28. The van der Waals surface area contributed by atoms with E-state index in [2.05, 4.69) is 41.6 Å². The Hall–Kier alpha value is -0.280. The van der Waals surface area contributed by atoms with Crippen LogP contribution in [-0.2, 0) is 16.6 Å². The van der Waals surface area contributed by atoms with E-state index in [1.807, 2.05) is 19.2 Å². The zero-order chi connectivity index (χ0) is 14.9. The Bertz CT molecular complexity index is 742. The Morgan fingerprint density at radius 2 is 1.95 bits per heavy atom. The molecule has 1 aromatic carbocycles. The van der Waals surface area contributed by atoms with E-state index in [0.717, 1.165) is 20.7 Å². The third kappa shape index (κ3) is 3.67. The van der Waals surface area contributed by atoms with Crippen LogP contribution >= 0.6 is 43.2 Å². The molecule has 1 heterocycles. The summed E-state index contributed by atoms with van der Waals surface area (Å²) in [6.45, 7) is 3.97. The van der Waals surface area contributed by atoms with Crippen LogP contribution in [0.25, 0.3) is 0 Å². The van der Waals surface area contributed by atoms with Gasteiger partial charge in [0.05, 0.1) is 22.1 Å². The molecule has 108 valence electrons. The van der Waals surface area contributed by atoms with Crippen LogP contribution in [0.2, 0.25) is 0 Å². The maximum absolute atomic E-state index is 12.3. The van der Waals surface area contributed by atoms with Gasteiger partial charge in [0.1, 0.15) is 0 Å². The number of sulfonamides is 1. The smallest absolute Gasteiger partial charge is 0.242 e. The van der Waals surface area contributed by atoms with Crippen LogP contribution in [-0.4, -0.2) is 13.4 Å². The number of halogens is 2. The maximum Gasteiger partial charge on any atom is 0.242 e. The number of hydrogen-bond acceptors (Lipinski definition) is 4. The van der Waals surface area contributed by atoms with Crippen molar-refractivity contribution in [1.29, 1.82) is 0 Å². The lowest BCUT2D eigenvalue weighted by Crippen LogP contribution is -2.23. The van der Waals surface area contributed by atoms with Crippen LogP contribution in [0.4, 0.5) is 0 Å². The molecule has 0 aliphatic heterocycles. The molecule has 8 heteroatoms. The van der Waals surface area contributed by atoms with E-state index in [4.69, 9.17) is 0 Å². The summed E-state index contributed by atoms with van der Waals surface area (Å²) in [7, 11) is -3.58. The molecule has 0 saturated carbocycles. The van der Waals surface area contributed by atoms with Crippen molar-refractivity contribution in [1.82, 2.24) is 9.71 Å². The summed E-state index contributed by atoms with van der Waals surface area (Å²) in [5.41, 5.74) is 1.68. The molecule has 0 unspecified atom stereocenters. The molecule has 0 radical (unpaired) electrons. The first-order valence-corrected chi connectivity index (χ1v) is 9.61. The Labute approximate surface area is 138 Å². The molecule has 1 aromatic heterocycles. The predicted octanol–water partition coefficient (Wildman–Crippen LogP) is 3.76. The van der Waals surface area contributed by atoms with Gasteiger partial charge in [-0.3, -0.25) is 0 Å². The summed E-state index contributed by atoms with van der Waals surface area (Å²) in [6, 6.07) is 3.36. The van der Waals surface area contributed by atoms with Gasteiger partial charge in [-0.1, -0.05) is 15.9 Å². The average Bonchev–Trinajstić information content (AvgIpc) is 2.77. The van der Waals surface area contributed by atoms with Crippen LogP contribution < -0.4 is 4.72 Å². The van der Waals surface area contributed by atoms with Crippen LogP contribution in [0.15, 0.2) is 31.4 Å². The number of benzene rings is 1. The molecule has 0 saturated heterocycles. The third-order valence-corrected chi connectivity index (χ3v) is 6.65. The second-order valence-corrected chi connectivity index (χ2v) is 8.72.